The summed E-state index contributed by atoms with van der Waals surface area (Å²) in [5.41, 5.74) is 0. The number of hydrogen-bond acceptors (Lipinski definition) is 2. The maximum Gasteiger partial charge on any atom is 0.0223 e. The van der Waals surface area contributed by atoms with E-state index in [9.17, 15) is 0 Å². The number of nitrogens with zero attached hydrogens (tertiary/aromatic N) is 2. The average Bonchev–Trinajstić information content (AvgIpc) is 2.21. The van der Waals surface area contributed by atoms with Gasteiger partial charge in [0.2, 0.25) is 0 Å². The van der Waals surface area contributed by atoms with Gasteiger partial charge in [-0.05, 0) is 52.4 Å². The van der Waals surface area contributed by atoms with Gasteiger partial charge in [0.25, 0.3) is 0 Å². The molecule has 0 spiro atoms. The Morgan fingerprint density at radius 1 is 1.20 bits per heavy atom. The van der Waals surface area contributed by atoms with Gasteiger partial charge in [-0.1, -0.05) is 20.3 Å². The van der Waals surface area contributed by atoms with Crippen molar-refractivity contribution in [2.75, 3.05) is 33.2 Å². The second kappa shape index (κ2) is 7.24. The smallest absolute Gasteiger partial charge is 0.0223 e. The third-order valence-corrected chi connectivity index (χ3v) is 3.39. The fourth-order valence-corrected chi connectivity index (χ4v) is 2.68. The molecule has 0 aliphatic carbocycles. The Morgan fingerprint density at radius 3 is 2.67 bits per heavy atom. The van der Waals surface area contributed by atoms with E-state index in [1.807, 2.05) is 0 Å². The van der Waals surface area contributed by atoms with Gasteiger partial charge in [0.15, 0.2) is 0 Å². The molecule has 1 atom stereocenters. The average molecular weight is 212 g/mol. The molecule has 1 aliphatic rings. The second-order valence-electron chi connectivity index (χ2n) is 4.95. The first-order valence-corrected chi connectivity index (χ1v) is 6.70. The van der Waals surface area contributed by atoms with Crippen LogP contribution in [-0.4, -0.2) is 49.1 Å². The molecule has 1 aliphatic heterocycles. The van der Waals surface area contributed by atoms with E-state index < -0.39 is 0 Å². The fraction of sp³-hybridized carbons (Fsp3) is 1.00. The highest BCUT2D eigenvalue weighted by Crippen LogP contribution is 2.17. The van der Waals surface area contributed by atoms with Crippen molar-refractivity contribution in [3.05, 3.63) is 0 Å². The topological polar surface area (TPSA) is 6.48 Å². The van der Waals surface area contributed by atoms with Gasteiger partial charge < -0.3 is 4.90 Å². The Bertz CT molecular complexity index is 157. The van der Waals surface area contributed by atoms with Crippen LogP contribution in [-0.2, 0) is 0 Å². The minimum atomic E-state index is 0.829. The SMILES string of the molecule is CCCN(C)CC1CCCCN1CCC. The van der Waals surface area contributed by atoms with E-state index in [-0.39, 0.29) is 0 Å². The zero-order valence-electron chi connectivity index (χ0n) is 10.8. The lowest BCUT2D eigenvalue weighted by Gasteiger charge is -2.37. The molecule has 90 valence electrons. The van der Waals surface area contributed by atoms with Crippen LogP contribution in [0.25, 0.3) is 0 Å². The summed E-state index contributed by atoms with van der Waals surface area (Å²) in [6.45, 7) is 9.70. The van der Waals surface area contributed by atoms with Crippen LogP contribution in [0.2, 0.25) is 0 Å². The summed E-state index contributed by atoms with van der Waals surface area (Å²) in [6.07, 6.45) is 6.83. The predicted octanol–water partition coefficient (Wildman–Crippen LogP) is 2.59. The molecule has 0 N–H and O–H groups in total. The molecule has 0 aromatic heterocycles. The molecule has 0 aromatic rings. The molecule has 1 rings (SSSR count). The van der Waals surface area contributed by atoms with Crippen molar-refractivity contribution in [1.29, 1.82) is 0 Å². The quantitative estimate of drug-likeness (QED) is 0.668. The Kier molecular flexibility index (Phi) is 6.26. The molecule has 0 bridgehead atoms. The van der Waals surface area contributed by atoms with Crippen LogP contribution < -0.4 is 0 Å². The van der Waals surface area contributed by atoms with Crippen molar-refractivity contribution in [2.45, 2.75) is 52.0 Å². The normalized spacial score (nSPS) is 23.6. The Morgan fingerprint density at radius 2 is 2.00 bits per heavy atom. The van der Waals surface area contributed by atoms with Crippen LogP contribution >= 0.6 is 0 Å². The molecule has 1 heterocycles. The number of likely N-dealkylation sites (tertiary alicyclic amines) is 1. The van der Waals surface area contributed by atoms with E-state index in [4.69, 9.17) is 0 Å². The highest BCUT2D eigenvalue weighted by atomic mass is 15.2. The molecule has 0 saturated carbocycles. The lowest BCUT2D eigenvalue weighted by atomic mass is 10.0. The van der Waals surface area contributed by atoms with Crippen molar-refractivity contribution in [3.63, 3.8) is 0 Å². The van der Waals surface area contributed by atoms with Gasteiger partial charge in [0, 0.05) is 12.6 Å². The largest absolute Gasteiger partial charge is 0.305 e. The monoisotopic (exact) mass is 212 g/mol. The molecular weight excluding hydrogens is 184 g/mol. The lowest BCUT2D eigenvalue weighted by Crippen LogP contribution is -2.46. The molecule has 1 saturated heterocycles. The first-order chi connectivity index (χ1) is 7.27. The van der Waals surface area contributed by atoms with Crippen molar-refractivity contribution in [1.82, 2.24) is 9.80 Å². The fourth-order valence-electron chi connectivity index (χ4n) is 2.68. The van der Waals surface area contributed by atoms with E-state index in [0.717, 1.165) is 6.04 Å². The van der Waals surface area contributed by atoms with E-state index in [1.54, 1.807) is 0 Å². The van der Waals surface area contributed by atoms with Gasteiger partial charge >= 0.3 is 0 Å². The van der Waals surface area contributed by atoms with Gasteiger partial charge in [0.1, 0.15) is 0 Å². The highest BCUT2D eigenvalue weighted by Gasteiger charge is 2.22. The number of piperidine rings is 1. The second-order valence-corrected chi connectivity index (χ2v) is 4.95. The molecule has 1 unspecified atom stereocenters. The maximum absolute atomic E-state index is 2.70. The van der Waals surface area contributed by atoms with Crippen molar-refractivity contribution in [2.24, 2.45) is 0 Å². The van der Waals surface area contributed by atoms with Crippen LogP contribution in [0, 0.1) is 0 Å². The summed E-state index contributed by atoms with van der Waals surface area (Å²) < 4.78 is 0. The summed E-state index contributed by atoms with van der Waals surface area (Å²) in [5, 5.41) is 0. The Labute approximate surface area is 95.6 Å². The summed E-state index contributed by atoms with van der Waals surface area (Å²) >= 11 is 0. The van der Waals surface area contributed by atoms with E-state index in [0.29, 0.717) is 0 Å². The first-order valence-electron chi connectivity index (χ1n) is 6.70. The van der Waals surface area contributed by atoms with Gasteiger partial charge in [0.05, 0.1) is 0 Å². The van der Waals surface area contributed by atoms with Gasteiger partial charge in [-0.3, -0.25) is 4.90 Å². The van der Waals surface area contributed by atoms with E-state index in [2.05, 4.69) is 30.7 Å². The molecule has 15 heavy (non-hydrogen) atoms. The summed E-state index contributed by atoms with van der Waals surface area (Å²) in [7, 11) is 2.27. The lowest BCUT2D eigenvalue weighted by molar-refractivity contribution is 0.114. The van der Waals surface area contributed by atoms with Crippen LogP contribution in [0.15, 0.2) is 0 Å². The number of hydrogen-bond donors (Lipinski definition) is 0. The number of rotatable bonds is 6. The molecular formula is C13H28N2. The molecule has 2 nitrogen and oxygen atoms in total. The zero-order valence-corrected chi connectivity index (χ0v) is 10.8. The van der Waals surface area contributed by atoms with Gasteiger partial charge in [-0.25, -0.2) is 0 Å². The van der Waals surface area contributed by atoms with Crippen LogP contribution in [0.4, 0.5) is 0 Å². The maximum atomic E-state index is 2.70. The summed E-state index contributed by atoms with van der Waals surface area (Å²) in [5.74, 6) is 0. The van der Waals surface area contributed by atoms with Crippen molar-refractivity contribution >= 4 is 0 Å². The van der Waals surface area contributed by atoms with Crippen LogP contribution in [0.5, 0.6) is 0 Å². The summed E-state index contributed by atoms with van der Waals surface area (Å²) in [4.78, 5) is 5.20. The third kappa shape index (κ3) is 4.52. The van der Waals surface area contributed by atoms with Crippen molar-refractivity contribution < 1.29 is 0 Å². The van der Waals surface area contributed by atoms with Gasteiger partial charge in [-0.2, -0.15) is 0 Å². The van der Waals surface area contributed by atoms with Crippen LogP contribution in [0.3, 0.4) is 0 Å². The minimum absolute atomic E-state index is 0.829. The number of likely N-dealkylation sites (N-methyl/N-ethyl adjacent to an activating group) is 1. The van der Waals surface area contributed by atoms with E-state index >= 15 is 0 Å². The zero-order chi connectivity index (χ0) is 11.1. The standard InChI is InChI=1S/C13H28N2/c1-4-9-14(3)12-13-8-6-7-11-15(13)10-5-2/h13H,4-12H2,1-3H3. The molecule has 0 aromatic carbocycles. The van der Waals surface area contributed by atoms with Crippen molar-refractivity contribution in [3.8, 4) is 0 Å². The van der Waals surface area contributed by atoms with Crippen LogP contribution in [0.1, 0.15) is 46.0 Å². The van der Waals surface area contributed by atoms with Gasteiger partial charge in [-0.15, -0.1) is 0 Å². The Hall–Kier alpha value is -0.0800. The predicted molar refractivity (Wildman–Crippen MR) is 67.3 cm³/mol. The molecule has 0 amide bonds. The Balaban J connectivity index is 2.34. The third-order valence-electron chi connectivity index (χ3n) is 3.39. The molecule has 2 heteroatoms. The molecule has 1 fully saturated rings. The summed E-state index contributed by atoms with van der Waals surface area (Å²) in [6, 6.07) is 0.829. The minimum Gasteiger partial charge on any atom is -0.305 e. The molecule has 0 radical (unpaired) electrons. The first kappa shape index (κ1) is 13.0. The van der Waals surface area contributed by atoms with E-state index in [1.165, 1.54) is 58.3 Å². The highest BCUT2D eigenvalue weighted by molar-refractivity contribution is 4.78.